The van der Waals surface area contributed by atoms with Gasteiger partial charge in [0, 0.05) is 20.1 Å². The van der Waals surface area contributed by atoms with Gasteiger partial charge in [-0.05, 0) is 58.5 Å². The predicted octanol–water partition coefficient (Wildman–Crippen LogP) is 6.20. The second kappa shape index (κ2) is 27.3. The Morgan fingerprint density at radius 1 is 1.18 bits per heavy atom. The van der Waals surface area contributed by atoms with Crippen molar-refractivity contribution in [3.8, 4) is 0 Å². The van der Waals surface area contributed by atoms with Gasteiger partial charge in [-0.1, -0.05) is 81.9 Å². The molecule has 1 aromatic carbocycles. The average molecular weight is 480 g/mol. The standard InChI is InChI=1S/C10H21BN2.C9H11F.C5H12.C2H5N.CH2O2/c1-9(10(2)11)5-4-6-13-8-7-12-3;1-7-3-5-9(6-4-7)8(2)10;1-5(2,3)4;1-3-2;2-1-3/h5,10,12-13H,4,6-8H2,1-3H3;3-6,8H,1-2H3;1-4H3;1H2,2H3;1H,(H,2,3)/b9-5+;;;;. The molecule has 0 aliphatic carbocycles. The molecule has 0 aliphatic rings. The van der Waals surface area contributed by atoms with Crippen molar-refractivity contribution >= 4 is 21.0 Å². The van der Waals surface area contributed by atoms with E-state index in [0.717, 1.165) is 31.6 Å². The van der Waals surface area contributed by atoms with E-state index in [1.807, 2.05) is 45.2 Å². The largest absolute Gasteiger partial charge is 0.483 e. The Bertz CT molecular complexity index is 587. The molecule has 0 bridgehead atoms. The molecule has 34 heavy (non-hydrogen) atoms. The summed E-state index contributed by atoms with van der Waals surface area (Å²) in [6.07, 6.45) is 2.43. The molecule has 1 aromatic rings. The molecule has 196 valence electrons. The third-order valence-corrected chi connectivity index (χ3v) is 3.59. The van der Waals surface area contributed by atoms with Gasteiger partial charge in [0.15, 0.2) is 0 Å². The van der Waals surface area contributed by atoms with Crippen LogP contribution in [0.25, 0.3) is 0 Å². The number of hydrogen-bond donors (Lipinski definition) is 3. The fourth-order valence-corrected chi connectivity index (χ4v) is 1.76. The van der Waals surface area contributed by atoms with E-state index in [2.05, 4.69) is 63.0 Å². The van der Waals surface area contributed by atoms with Crippen LogP contribution >= 0.6 is 0 Å². The first kappa shape index (κ1) is 39.2. The number of alkyl halides is 1. The number of benzene rings is 1. The number of likely N-dealkylation sites (N-methyl/N-ethyl adjacent to an activating group) is 1. The number of nitrogens with zero attached hydrogens (tertiary/aromatic N) is 1. The van der Waals surface area contributed by atoms with Gasteiger partial charge in [0.2, 0.25) is 0 Å². The minimum absolute atomic E-state index is 0.192. The minimum atomic E-state index is -0.847. The SMILES string of the molecule is C=NC.CC(C)(C)C.Cc1ccc(C(C)F)cc1.O=CO.[B]C(C)/C(C)=C/CCNCCNC. The molecule has 0 amide bonds. The highest BCUT2D eigenvalue weighted by molar-refractivity contribution is 6.13. The van der Waals surface area contributed by atoms with E-state index in [-0.39, 0.29) is 12.3 Å². The van der Waals surface area contributed by atoms with Crippen molar-refractivity contribution in [3.05, 3.63) is 47.0 Å². The zero-order valence-electron chi connectivity index (χ0n) is 23.4. The van der Waals surface area contributed by atoms with E-state index in [9.17, 15) is 4.39 Å². The average Bonchev–Trinajstić information content (AvgIpc) is 2.71. The number of rotatable bonds is 8. The molecular weight excluding hydrogens is 428 g/mol. The molecule has 5 nitrogen and oxygen atoms in total. The van der Waals surface area contributed by atoms with Crippen LogP contribution in [0.1, 0.15) is 72.2 Å². The smallest absolute Gasteiger partial charge is 0.290 e. The minimum Gasteiger partial charge on any atom is -0.483 e. The predicted molar refractivity (Wildman–Crippen MR) is 150 cm³/mol. The van der Waals surface area contributed by atoms with E-state index in [1.165, 1.54) is 11.1 Å². The molecule has 0 spiro atoms. The number of halogens is 1. The van der Waals surface area contributed by atoms with Gasteiger partial charge in [0.25, 0.3) is 6.47 Å². The van der Waals surface area contributed by atoms with Crippen LogP contribution in [0.15, 0.2) is 40.9 Å². The van der Waals surface area contributed by atoms with Crippen molar-refractivity contribution in [1.29, 1.82) is 0 Å². The number of carboxylic acid groups (broad SMARTS) is 1. The molecule has 7 heteroatoms. The zero-order valence-corrected chi connectivity index (χ0v) is 23.4. The number of hydrogen-bond acceptors (Lipinski definition) is 4. The van der Waals surface area contributed by atoms with Crippen LogP contribution in [0, 0.1) is 12.3 Å². The second-order valence-electron chi connectivity index (χ2n) is 9.33. The quantitative estimate of drug-likeness (QED) is 0.136. The van der Waals surface area contributed by atoms with Crippen LogP contribution in [-0.2, 0) is 4.79 Å². The maximum absolute atomic E-state index is 12.6. The van der Waals surface area contributed by atoms with Gasteiger partial charge in [0.05, 0.1) is 7.85 Å². The Hall–Kier alpha value is -1.99. The van der Waals surface area contributed by atoms with Crippen molar-refractivity contribution < 1.29 is 14.3 Å². The highest BCUT2D eigenvalue weighted by atomic mass is 19.1. The summed E-state index contributed by atoms with van der Waals surface area (Å²) in [7, 11) is 9.30. The first-order valence-electron chi connectivity index (χ1n) is 11.6. The number of aryl methyl sites for hydroxylation is 1. The summed E-state index contributed by atoms with van der Waals surface area (Å²) >= 11 is 0. The second-order valence-corrected chi connectivity index (χ2v) is 9.33. The summed E-state index contributed by atoms with van der Waals surface area (Å²) in [5, 5.41) is 13.3. The molecule has 2 radical (unpaired) electrons. The molecular formula is C27H51BFN3O2. The Balaban J connectivity index is -0.000000188. The van der Waals surface area contributed by atoms with Gasteiger partial charge in [-0.3, -0.25) is 4.79 Å². The lowest BCUT2D eigenvalue weighted by Crippen LogP contribution is -2.25. The Kier molecular flexibility index (Phi) is 31.5. The van der Waals surface area contributed by atoms with Gasteiger partial charge in [-0.25, -0.2) is 4.39 Å². The molecule has 2 unspecified atom stereocenters. The van der Waals surface area contributed by atoms with Crippen LogP contribution in [0.3, 0.4) is 0 Å². The molecule has 0 saturated heterocycles. The third-order valence-electron chi connectivity index (χ3n) is 3.59. The topological polar surface area (TPSA) is 73.7 Å². The van der Waals surface area contributed by atoms with Gasteiger partial charge >= 0.3 is 0 Å². The maximum Gasteiger partial charge on any atom is 0.290 e. The molecule has 0 saturated carbocycles. The van der Waals surface area contributed by atoms with E-state index < -0.39 is 6.17 Å². The molecule has 0 fully saturated rings. The van der Waals surface area contributed by atoms with Gasteiger partial charge < -0.3 is 20.7 Å². The van der Waals surface area contributed by atoms with Crippen molar-refractivity contribution in [1.82, 2.24) is 10.6 Å². The molecule has 3 N–H and O–H groups in total. The summed E-state index contributed by atoms with van der Waals surface area (Å²) in [6.45, 7) is 22.3. The fraction of sp³-hybridized carbons (Fsp3) is 0.630. The monoisotopic (exact) mass is 479 g/mol. The van der Waals surface area contributed by atoms with Gasteiger partial charge in [0.1, 0.15) is 6.17 Å². The Morgan fingerprint density at radius 3 is 1.91 bits per heavy atom. The van der Waals surface area contributed by atoms with Crippen LogP contribution in [0.5, 0.6) is 0 Å². The van der Waals surface area contributed by atoms with E-state index in [1.54, 1.807) is 14.0 Å². The van der Waals surface area contributed by atoms with Crippen molar-refractivity contribution in [2.24, 2.45) is 10.4 Å². The Morgan fingerprint density at radius 2 is 1.59 bits per heavy atom. The summed E-state index contributed by atoms with van der Waals surface area (Å²) in [5.74, 6) is 0.192. The first-order chi connectivity index (χ1) is 15.7. The highest BCUT2D eigenvalue weighted by Crippen LogP contribution is 2.15. The van der Waals surface area contributed by atoms with Crippen LogP contribution in [0.2, 0.25) is 5.82 Å². The number of aliphatic imine (C=N–C) groups is 1. The summed E-state index contributed by atoms with van der Waals surface area (Å²) < 4.78 is 12.6. The van der Waals surface area contributed by atoms with E-state index in [4.69, 9.17) is 17.7 Å². The molecule has 0 aromatic heterocycles. The van der Waals surface area contributed by atoms with E-state index >= 15 is 0 Å². The lowest BCUT2D eigenvalue weighted by atomic mass is 9.83. The van der Waals surface area contributed by atoms with E-state index in [0.29, 0.717) is 5.41 Å². The summed E-state index contributed by atoms with van der Waals surface area (Å²) in [5.41, 5.74) is 3.70. The molecule has 0 heterocycles. The molecule has 0 aliphatic heterocycles. The summed E-state index contributed by atoms with van der Waals surface area (Å²) in [6, 6.07) is 7.48. The third kappa shape index (κ3) is 43.8. The van der Waals surface area contributed by atoms with Crippen LogP contribution < -0.4 is 10.6 Å². The molecule has 1 rings (SSSR count). The lowest BCUT2D eigenvalue weighted by molar-refractivity contribution is -0.122. The van der Waals surface area contributed by atoms with Gasteiger partial charge in [-0.15, -0.1) is 0 Å². The first-order valence-corrected chi connectivity index (χ1v) is 11.6. The lowest BCUT2D eigenvalue weighted by Gasteiger charge is -2.05. The number of nitrogens with one attached hydrogen (secondary N) is 2. The maximum atomic E-state index is 12.6. The van der Waals surface area contributed by atoms with Crippen molar-refractivity contribution in [2.45, 2.75) is 73.8 Å². The van der Waals surface area contributed by atoms with Crippen molar-refractivity contribution in [3.63, 3.8) is 0 Å². The Labute approximate surface area is 211 Å². The van der Waals surface area contributed by atoms with Crippen molar-refractivity contribution in [2.75, 3.05) is 33.7 Å². The number of allylic oxidation sites excluding steroid dienone is 1. The summed E-state index contributed by atoms with van der Waals surface area (Å²) in [4.78, 5) is 11.6. The highest BCUT2D eigenvalue weighted by Gasteiger charge is 1.99. The van der Waals surface area contributed by atoms with Gasteiger partial charge in [-0.2, -0.15) is 0 Å². The molecule has 2 atom stereocenters. The van der Waals surface area contributed by atoms with Crippen LogP contribution in [0.4, 0.5) is 4.39 Å². The number of carbonyl (C=O) groups is 1. The van der Waals surface area contributed by atoms with Crippen LogP contribution in [-0.4, -0.2) is 59.9 Å². The normalized spacial score (nSPS) is 11.9. The zero-order chi connectivity index (χ0) is 27.6. The fourth-order valence-electron chi connectivity index (χ4n) is 1.76.